The predicted molar refractivity (Wildman–Crippen MR) is 117 cm³/mol. The van der Waals surface area contributed by atoms with Crippen molar-refractivity contribution in [2.75, 3.05) is 18.5 Å². The highest BCUT2D eigenvalue weighted by molar-refractivity contribution is 5.92. The molecule has 6 heteroatoms. The van der Waals surface area contributed by atoms with E-state index in [2.05, 4.69) is 11.4 Å². The Bertz CT molecular complexity index is 1060. The van der Waals surface area contributed by atoms with E-state index in [4.69, 9.17) is 14.7 Å². The van der Waals surface area contributed by atoms with Crippen LogP contribution in [0, 0.1) is 11.3 Å². The third kappa shape index (κ3) is 7.02. The number of para-hydroxylation sites is 1. The Morgan fingerprint density at radius 1 is 0.839 bits per heavy atom. The lowest BCUT2D eigenvalue weighted by Crippen LogP contribution is -2.23. The van der Waals surface area contributed by atoms with E-state index < -0.39 is 18.5 Å². The highest BCUT2D eigenvalue weighted by Gasteiger charge is 2.11. The number of carbonyl (C=O) groups is 2. The molecule has 156 valence electrons. The third-order valence-electron chi connectivity index (χ3n) is 4.44. The highest BCUT2D eigenvalue weighted by atomic mass is 16.6. The molecule has 3 aromatic rings. The number of hydrogen-bond acceptors (Lipinski definition) is 5. The van der Waals surface area contributed by atoms with E-state index in [1.807, 2.05) is 48.5 Å². The van der Waals surface area contributed by atoms with Crippen LogP contribution < -0.4 is 10.1 Å². The first-order chi connectivity index (χ1) is 15.1. The van der Waals surface area contributed by atoms with Crippen LogP contribution in [-0.4, -0.2) is 25.1 Å². The number of anilines is 1. The van der Waals surface area contributed by atoms with Crippen LogP contribution in [0.1, 0.15) is 16.7 Å². The molecule has 0 fully saturated rings. The number of nitrogens with zero attached hydrogens (tertiary/aromatic N) is 1. The molecule has 0 saturated carbocycles. The van der Waals surface area contributed by atoms with E-state index in [1.165, 1.54) is 0 Å². The number of nitrogens with one attached hydrogen (secondary N) is 1. The van der Waals surface area contributed by atoms with Gasteiger partial charge in [-0.25, -0.2) is 4.79 Å². The maximum atomic E-state index is 12.0. The lowest BCUT2D eigenvalue weighted by molar-refractivity contribution is -0.149. The van der Waals surface area contributed by atoms with Gasteiger partial charge in [0.1, 0.15) is 5.75 Å². The molecule has 0 aliphatic carbocycles. The molecule has 0 radical (unpaired) electrons. The van der Waals surface area contributed by atoms with Gasteiger partial charge in [-0.15, -0.1) is 0 Å². The summed E-state index contributed by atoms with van der Waals surface area (Å²) in [6.07, 6.45) is 0.988. The topological polar surface area (TPSA) is 88.4 Å². The molecule has 3 rings (SSSR count). The van der Waals surface area contributed by atoms with Gasteiger partial charge in [0, 0.05) is 12.1 Å². The van der Waals surface area contributed by atoms with Crippen molar-refractivity contribution in [2.45, 2.75) is 12.8 Å². The summed E-state index contributed by atoms with van der Waals surface area (Å²) >= 11 is 0. The second kappa shape index (κ2) is 11.2. The summed E-state index contributed by atoms with van der Waals surface area (Å²) in [6.45, 7) is -0.699. The van der Waals surface area contributed by atoms with Crippen LogP contribution in [0.25, 0.3) is 0 Å². The summed E-state index contributed by atoms with van der Waals surface area (Å²) < 4.78 is 10.6. The molecule has 0 unspecified atom stereocenters. The number of esters is 1. The molecule has 6 nitrogen and oxygen atoms in total. The fraction of sp³-hybridized carbons (Fsp3) is 0.160. The molecule has 1 amide bonds. The lowest BCUT2D eigenvalue weighted by Gasteiger charge is -2.11. The Labute approximate surface area is 181 Å². The Morgan fingerprint density at radius 2 is 1.55 bits per heavy atom. The van der Waals surface area contributed by atoms with E-state index in [9.17, 15) is 9.59 Å². The molecule has 0 atom stereocenters. The minimum absolute atomic E-state index is 0.290. The molecule has 0 aliphatic heterocycles. The maximum Gasteiger partial charge on any atom is 0.344 e. The average Bonchev–Trinajstić information content (AvgIpc) is 2.79. The van der Waals surface area contributed by atoms with Crippen molar-refractivity contribution in [3.05, 3.63) is 95.6 Å². The number of nitriles is 1. The number of ether oxygens (including phenoxy) is 2. The van der Waals surface area contributed by atoms with Gasteiger partial charge in [-0.1, -0.05) is 60.7 Å². The van der Waals surface area contributed by atoms with Crippen LogP contribution in [-0.2, 0) is 27.2 Å². The zero-order chi connectivity index (χ0) is 21.9. The largest absolute Gasteiger partial charge is 0.482 e. The normalized spacial score (nSPS) is 10.0. The molecular formula is C25H22N2O4. The van der Waals surface area contributed by atoms with E-state index in [1.54, 1.807) is 30.3 Å². The zero-order valence-electron chi connectivity index (χ0n) is 16.9. The van der Waals surface area contributed by atoms with Crippen molar-refractivity contribution < 1.29 is 19.1 Å². The van der Waals surface area contributed by atoms with Crippen molar-refractivity contribution in [3.63, 3.8) is 0 Å². The van der Waals surface area contributed by atoms with E-state index >= 15 is 0 Å². The lowest BCUT2D eigenvalue weighted by atomic mass is 10.0. The van der Waals surface area contributed by atoms with Crippen molar-refractivity contribution in [3.8, 4) is 11.8 Å². The van der Waals surface area contributed by atoms with E-state index in [0.717, 1.165) is 16.7 Å². The van der Waals surface area contributed by atoms with Crippen LogP contribution in [0.4, 0.5) is 5.69 Å². The molecule has 3 aromatic carbocycles. The van der Waals surface area contributed by atoms with Gasteiger partial charge in [0.15, 0.2) is 13.2 Å². The van der Waals surface area contributed by atoms with Crippen LogP contribution in [0.3, 0.4) is 0 Å². The Hall–Kier alpha value is -4.11. The Balaban J connectivity index is 1.45. The monoisotopic (exact) mass is 414 g/mol. The van der Waals surface area contributed by atoms with E-state index in [-0.39, 0.29) is 6.61 Å². The van der Waals surface area contributed by atoms with Gasteiger partial charge in [0.25, 0.3) is 5.91 Å². The van der Waals surface area contributed by atoms with Crippen molar-refractivity contribution in [1.82, 2.24) is 0 Å². The molecule has 0 aromatic heterocycles. The number of hydrogen-bond donors (Lipinski definition) is 1. The summed E-state index contributed by atoms with van der Waals surface area (Å²) in [5, 5.41) is 11.3. The quantitative estimate of drug-likeness (QED) is 0.537. The van der Waals surface area contributed by atoms with E-state index in [0.29, 0.717) is 24.3 Å². The molecule has 31 heavy (non-hydrogen) atoms. The van der Waals surface area contributed by atoms with Gasteiger partial charge in [-0.05, 0) is 34.9 Å². The molecule has 0 aliphatic rings. The predicted octanol–water partition coefficient (Wildman–Crippen LogP) is 3.90. The number of benzene rings is 3. The summed E-state index contributed by atoms with van der Waals surface area (Å²) in [4.78, 5) is 24.0. The van der Waals surface area contributed by atoms with Crippen LogP contribution in [0.5, 0.6) is 5.75 Å². The second-order valence-electron chi connectivity index (χ2n) is 6.80. The second-order valence-corrected chi connectivity index (χ2v) is 6.80. The van der Waals surface area contributed by atoms with Crippen LogP contribution in [0.2, 0.25) is 0 Å². The van der Waals surface area contributed by atoms with Crippen LogP contribution in [0.15, 0.2) is 78.9 Å². The Kier molecular flexibility index (Phi) is 7.78. The fourth-order valence-electron chi connectivity index (χ4n) is 2.93. The highest BCUT2D eigenvalue weighted by Crippen LogP contribution is 2.21. The molecule has 0 spiro atoms. The summed E-state index contributed by atoms with van der Waals surface area (Å²) in [5.74, 6) is -0.481. The number of rotatable bonds is 9. The standard InChI is InChI=1S/C25H22N2O4/c26-15-14-19-10-12-22(13-11-19)27-24(28)17-31-25(29)18-30-23-9-5-4-8-21(23)16-20-6-2-1-3-7-20/h1-13H,14,16-18H2,(H,27,28). The van der Waals surface area contributed by atoms with Crippen molar-refractivity contribution in [2.24, 2.45) is 0 Å². The van der Waals surface area contributed by atoms with Gasteiger partial charge in [0.2, 0.25) is 0 Å². The minimum Gasteiger partial charge on any atom is -0.482 e. The SMILES string of the molecule is N#CCc1ccc(NC(=O)COC(=O)COc2ccccc2Cc2ccccc2)cc1. The number of carbonyl (C=O) groups excluding carboxylic acids is 2. The molecule has 0 saturated heterocycles. The van der Waals surface area contributed by atoms with Crippen LogP contribution >= 0.6 is 0 Å². The molecule has 1 N–H and O–H groups in total. The summed E-state index contributed by atoms with van der Waals surface area (Å²) in [6, 6.07) is 26.4. The number of amides is 1. The Morgan fingerprint density at radius 3 is 2.29 bits per heavy atom. The smallest absolute Gasteiger partial charge is 0.344 e. The maximum absolute atomic E-state index is 12.0. The summed E-state index contributed by atoms with van der Waals surface area (Å²) in [7, 11) is 0. The first-order valence-electron chi connectivity index (χ1n) is 9.80. The minimum atomic E-state index is -0.631. The molecular weight excluding hydrogens is 392 g/mol. The summed E-state index contributed by atoms with van der Waals surface area (Å²) in [5.41, 5.74) is 3.52. The molecule has 0 bridgehead atoms. The first-order valence-corrected chi connectivity index (χ1v) is 9.80. The van der Waals surface area contributed by atoms with Crippen molar-refractivity contribution in [1.29, 1.82) is 5.26 Å². The van der Waals surface area contributed by atoms with Gasteiger partial charge < -0.3 is 14.8 Å². The van der Waals surface area contributed by atoms with Gasteiger partial charge in [-0.2, -0.15) is 5.26 Å². The first kappa shape index (κ1) is 21.6. The fourth-order valence-corrected chi connectivity index (χ4v) is 2.93. The van der Waals surface area contributed by atoms with Gasteiger partial charge in [0.05, 0.1) is 12.5 Å². The van der Waals surface area contributed by atoms with Gasteiger partial charge in [-0.3, -0.25) is 4.79 Å². The third-order valence-corrected chi connectivity index (χ3v) is 4.44. The van der Waals surface area contributed by atoms with Crippen molar-refractivity contribution >= 4 is 17.6 Å². The average molecular weight is 414 g/mol. The zero-order valence-corrected chi connectivity index (χ0v) is 16.9. The van der Waals surface area contributed by atoms with Gasteiger partial charge >= 0.3 is 5.97 Å². The molecule has 0 heterocycles.